The Hall–Kier alpha value is -3.30. The van der Waals surface area contributed by atoms with Crippen LogP contribution in [-0.2, 0) is 4.74 Å². The van der Waals surface area contributed by atoms with Gasteiger partial charge in [0.25, 0.3) is 0 Å². The van der Waals surface area contributed by atoms with Gasteiger partial charge in [-0.05, 0) is 24.6 Å². The van der Waals surface area contributed by atoms with Crippen LogP contribution in [0.2, 0.25) is 0 Å². The summed E-state index contributed by atoms with van der Waals surface area (Å²) in [7, 11) is 1.53. The van der Waals surface area contributed by atoms with Crippen LogP contribution >= 0.6 is 11.8 Å². The zero-order valence-electron chi connectivity index (χ0n) is 20.1. The fraction of sp³-hybridized carbons (Fsp3) is 0.296. The van der Waals surface area contributed by atoms with Crippen molar-refractivity contribution in [2.24, 2.45) is 0 Å². The van der Waals surface area contributed by atoms with Crippen molar-refractivity contribution in [2.75, 3.05) is 13.7 Å². The van der Waals surface area contributed by atoms with Crippen molar-refractivity contribution in [2.45, 2.75) is 41.8 Å². The zero-order chi connectivity index (χ0) is 26.7. The molecule has 1 aromatic heterocycles. The second-order valence-corrected chi connectivity index (χ2v) is 9.56. The number of nitrogens with zero attached hydrogens (tertiary/aromatic N) is 2. The van der Waals surface area contributed by atoms with Crippen LogP contribution in [0.15, 0.2) is 59.6 Å². The standard InChI is InChI=1S/C27H26N2O7S/c1-14(31)20-21(15-8-10-17(35-2)11-9-15)18(12-28)26(29-22(20)16-6-4-3-5-7-16)37-27-25(34)24(33)23(32)19(13-30)36-27/h3-11,19,23-25,27,30,32-34H,13H2,1-2H3/t19-,23+,24+,25-,27+/m1/s1. The summed E-state index contributed by atoms with van der Waals surface area (Å²) in [5.74, 6) is 0.304. The van der Waals surface area contributed by atoms with Crippen LogP contribution in [0.3, 0.4) is 0 Å². The SMILES string of the molecule is COc1ccc(-c2c(C#N)c(S[C@@H]3O[C@H](CO)[C@H](O)[C@H](O)[C@H]3O)nc(-c3ccccc3)c2C(C)=O)cc1. The van der Waals surface area contributed by atoms with Crippen LogP contribution in [-0.4, -0.2) is 74.8 Å². The molecule has 2 heterocycles. The van der Waals surface area contributed by atoms with E-state index in [-0.39, 0.29) is 21.9 Å². The molecule has 4 rings (SSSR count). The number of carbonyl (C=O) groups excluding carboxylic acids is 1. The van der Waals surface area contributed by atoms with E-state index in [0.29, 0.717) is 28.1 Å². The van der Waals surface area contributed by atoms with Crippen molar-refractivity contribution in [3.05, 3.63) is 65.7 Å². The lowest BCUT2D eigenvalue weighted by Gasteiger charge is -2.39. The Labute approximate surface area is 217 Å². The normalized spacial score (nSPS) is 23.3. The molecule has 1 aliphatic rings. The predicted molar refractivity (Wildman–Crippen MR) is 136 cm³/mol. The Morgan fingerprint density at radius 2 is 1.73 bits per heavy atom. The largest absolute Gasteiger partial charge is 0.497 e. The Bertz CT molecular complexity index is 1310. The van der Waals surface area contributed by atoms with Crippen molar-refractivity contribution >= 4 is 17.5 Å². The maximum Gasteiger partial charge on any atom is 0.162 e. The molecule has 5 atom stereocenters. The molecule has 10 heteroatoms. The summed E-state index contributed by atoms with van der Waals surface area (Å²) < 4.78 is 10.9. The van der Waals surface area contributed by atoms with Crippen LogP contribution in [0.1, 0.15) is 22.8 Å². The number of Topliss-reactive ketones (excluding diaryl/α,β-unsaturated/α-hetero) is 1. The summed E-state index contributed by atoms with van der Waals surface area (Å²) in [4.78, 5) is 17.7. The lowest BCUT2D eigenvalue weighted by Crippen LogP contribution is -2.57. The van der Waals surface area contributed by atoms with Gasteiger partial charge in [-0.1, -0.05) is 54.2 Å². The Morgan fingerprint density at radius 3 is 2.30 bits per heavy atom. The van der Waals surface area contributed by atoms with E-state index in [4.69, 9.17) is 9.47 Å². The second-order valence-electron chi connectivity index (χ2n) is 8.47. The van der Waals surface area contributed by atoms with E-state index in [1.807, 2.05) is 6.07 Å². The van der Waals surface area contributed by atoms with Crippen LogP contribution in [0.25, 0.3) is 22.4 Å². The molecule has 192 valence electrons. The molecule has 3 aromatic rings. The molecule has 0 amide bonds. The van der Waals surface area contributed by atoms with E-state index in [1.54, 1.807) is 48.5 Å². The number of ether oxygens (including phenoxy) is 2. The summed E-state index contributed by atoms with van der Waals surface area (Å²) in [6.07, 6.45) is -5.75. The number of methoxy groups -OCH3 is 1. The van der Waals surface area contributed by atoms with Crippen molar-refractivity contribution in [1.82, 2.24) is 4.98 Å². The highest BCUT2D eigenvalue weighted by Crippen LogP contribution is 2.42. The first kappa shape index (κ1) is 26.8. The van der Waals surface area contributed by atoms with Gasteiger partial charge < -0.3 is 29.9 Å². The maximum absolute atomic E-state index is 13.0. The van der Waals surface area contributed by atoms with Gasteiger partial charge in [-0.25, -0.2) is 4.98 Å². The molecule has 0 bridgehead atoms. The average molecular weight is 523 g/mol. The summed E-state index contributed by atoms with van der Waals surface area (Å²) >= 11 is 0.870. The molecule has 0 spiro atoms. The van der Waals surface area contributed by atoms with Gasteiger partial charge >= 0.3 is 0 Å². The van der Waals surface area contributed by atoms with Gasteiger partial charge in [-0.15, -0.1) is 0 Å². The highest BCUT2D eigenvalue weighted by molar-refractivity contribution is 7.99. The summed E-state index contributed by atoms with van der Waals surface area (Å²) in [6.45, 7) is 0.818. The number of nitriles is 1. The second kappa shape index (κ2) is 11.4. The number of ketones is 1. The molecule has 1 fully saturated rings. The van der Waals surface area contributed by atoms with Crippen LogP contribution in [0.4, 0.5) is 0 Å². The molecule has 0 saturated carbocycles. The van der Waals surface area contributed by atoms with Crippen LogP contribution in [0.5, 0.6) is 5.75 Å². The van der Waals surface area contributed by atoms with E-state index in [1.165, 1.54) is 14.0 Å². The van der Waals surface area contributed by atoms with Crippen LogP contribution in [0, 0.1) is 11.3 Å². The molecular weight excluding hydrogens is 496 g/mol. The lowest BCUT2D eigenvalue weighted by molar-refractivity contribution is -0.205. The van der Waals surface area contributed by atoms with Gasteiger partial charge in [0.15, 0.2) is 5.78 Å². The highest BCUT2D eigenvalue weighted by atomic mass is 32.2. The molecule has 4 N–H and O–H groups in total. The first-order valence-corrected chi connectivity index (χ1v) is 12.3. The molecule has 1 aliphatic heterocycles. The molecule has 2 aromatic carbocycles. The first-order chi connectivity index (χ1) is 17.8. The number of benzene rings is 2. The third-order valence-electron chi connectivity index (χ3n) is 6.13. The number of aliphatic hydroxyl groups excluding tert-OH is 4. The van der Waals surface area contributed by atoms with E-state index >= 15 is 0 Å². The number of hydrogen-bond acceptors (Lipinski definition) is 10. The predicted octanol–water partition coefficient (Wildman–Crippen LogP) is 2.39. The Morgan fingerprint density at radius 1 is 1.05 bits per heavy atom. The number of aliphatic hydroxyl groups is 4. The van der Waals surface area contributed by atoms with Crippen molar-refractivity contribution in [3.8, 4) is 34.2 Å². The molecule has 0 aliphatic carbocycles. The van der Waals surface area contributed by atoms with Crippen molar-refractivity contribution in [1.29, 1.82) is 5.26 Å². The monoisotopic (exact) mass is 522 g/mol. The van der Waals surface area contributed by atoms with E-state index in [9.17, 15) is 30.5 Å². The summed E-state index contributed by atoms with van der Waals surface area (Å²) in [5, 5.41) is 51.0. The first-order valence-electron chi connectivity index (χ1n) is 11.5. The average Bonchev–Trinajstić information content (AvgIpc) is 2.92. The van der Waals surface area contributed by atoms with Gasteiger partial charge in [0.05, 0.1) is 30.5 Å². The third-order valence-corrected chi connectivity index (χ3v) is 7.27. The van der Waals surface area contributed by atoms with Crippen LogP contribution < -0.4 is 4.74 Å². The molecule has 1 saturated heterocycles. The molecule has 0 unspecified atom stereocenters. The highest BCUT2D eigenvalue weighted by Gasteiger charge is 2.44. The van der Waals surface area contributed by atoms with E-state index in [2.05, 4.69) is 11.1 Å². The molecule has 37 heavy (non-hydrogen) atoms. The van der Waals surface area contributed by atoms with Gasteiger partial charge in [0, 0.05) is 11.1 Å². The number of hydrogen-bond donors (Lipinski definition) is 4. The summed E-state index contributed by atoms with van der Waals surface area (Å²) in [5.41, 5.74) is 1.10. The van der Waals surface area contributed by atoms with Gasteiger partial charge in [-0.3, -0.25) is 4.79 Å². The maximum atomic E-state index is 13.0. The van der Waals surface area contributed by atoms with Gasteiger partial charge in [0.2, 0.25) is 0 Å². The third kappa shape index (κ3) is 5.24. The Balaban J connectivity index is 1.95. The number of thioether (sulfide) groups is 1. The topological polar surface area (TPSA) is 153 Å². The zero-order valence-corrected chi connectivity index (χ0v) is 20.9. The van der Waals surface area contributed by atoms with Crippen molar-refractivity contribution < 1.29 is 34.7 Å². The quantitative estimate of drug-likeness (QED) is 0.340. The van der Waals surface area contributed by atoms with Gasteiger partial charge in [0.1, 0.15) is 46.7 Å². The minimum atomic E-state index is -1.58. The number of rotatable bonds is 7. The van der Waals surface area contributed by atoms with E-state index < -0.39 is 36.5 Å². The molecule has 0 radical (unpaired) electrons. The fourth-order valence-electron chi connectivity index (χ4n) is 4.22. The molecular formula is C27H26N2O7S. The van der Waals surface area contributed by atoms with Gasteiger partial charge in [-0.2, -0.15) is 5.26 Å². The minimum Gasteiger partial charge on any atom is -0.497 e. The summed E-state index contributed by atoms with van der Waals surface area (Å²) in [6, 6.07) is 18.1. The number of pyridine rings is 1. The molecule has 9 nitrogen and oxygen atoms in total. The lowest BCUT2D eigenvalue weighted by atomic mass is 9.90. The smallest absolute Gasteiger partial charge is 0.162 e. The Kier molecular flexibility index (Phi) is 8.24. The number of carbonyl (C=O) groups is 1. The number of aromatic nitrogens is 1. The minimum absolute atomic E-state index is 0.0806. The fourth-order valence-corrected chi connectivity index (χ4v) is 5.35. The van der Waals surface area contributed by atoms with Crippen molar-refractivity contribution in [3.63, 3.8) is 0 Å². The van der Waals surface area contributed by atoms with E-state index in [0.717, 1.165) is 11.8 Å².